The molecule has 6 rings (SSSR count). The average Bonchev–Trinajstić information content (AvgIpc) is 3.43. The van der Waals surface area contributed by atoms with Crippen molar-refractivity contribution in [2.24, 2.45) is 28.6 Å². The van der Waals surface area contributed by atoms with Crippen LogP contribution in [0.25, 0.3) is 11.8 Å². The van der Waals surface area contributed by atoms with Gasteiger partial charge in [-0.3, -0.25) is 9.59 Å². The lowest BCUT2D eigenvalue weighted by molar-refractivity contribution is -0.195. The molecule has 40 heavy (non-hydrogen) atoms. The van der Waals surface area contributed by atoms with E-state index in [0.717, 1.165) is 54.4 Å². The van der Waals surface area contributed by atoms with Crippen molar-refractivity contribution < 1.29 is 23.8 Å². The molecule has 0 amide bonds. The number of carbonyl (C=O) groups excluding carboxylic acids is 2. The van der Waals surface area contributed by atoms with Gasteiger partial charge in [0.2, 0.25) is 5.12 Å². The van der Waals surface area contributed by atoms with Gasteiger partial charge in [-0.05, 0) is 97.6 Å². The van der Waals surface area contributed by atoms with Crippen molar-refractivity contribution in [2.45, 2.75) is 71.0 Å². The number of aliphatic hydroxyl groups is 1. The molecule has 4 aliphatic rings. The number of hydrogen-bond acceptors (Lipinski definition) is 7. The van der Waals surface area contributed by atoms with Crippen LogP contribution in [0.2, 0.25) is 0 Å². The van der Waals surface area contributed by atoms with Crippen molar-refractivity contribution in [3.63, 3.8) is 0 Å². The van der Waals surface area contributed by atoms with E-state index in [1.807, 2.05) is 23.9 Å². The van der Waals surface area contributed by atoms with Gasteiger partial charge in [-0.1, -0.05) is 31.2 Å². The largest absolute Gasteiger partial charge is 0.450 e. The Balaban J connectivity index is 1.35. The highest BCUT2D eigenvalue weighted by Crippen LogP contribution is 2.68. The van der Waals surface area contributed by atoms with Crippen LogP contribution in [0.1, 0.15) is 64.1 Å². The number of aliphatic hydroxyl groups excluding tert-OH is 1. The molecular formula is C31H34FN3O4S. The Morgan fingerprint density at radius 3 is 2.73 bits per heavy atom. The highest BCUT2D eigenvalue weighted by Gasteiger charge is 2.70. The number of halogens is 1. The Morgan fingerprint density at radius 2 is 2.02 bits per heavy atom. The normalized spacial score (nSPS) is 35.9. The smallest absolute Gasteiger partial charge is 0.303 e. The maximum absolute atomic E-state index is 13.6. The summed E-state index contributed by atoms with van der Waals surface area (Å²) in [5.41, 5.74) is 1.85. The minimum absolute atomic E-state index is 0.00261. The first-order valence-electron chi connectivity index (χ1n) is 14.0. The molecule has 210 valence electrons. The predicted molar refractivity (Wildman–Crippen MR) is 149 cm³/mol. The summed E-state index contributed by atoms with van der Waals surface area (Å²) in [4.78, 5) is 25.9. The van der Waals surface area contributed by atoms with E-state index < -0.39 is 23.1 Å². The number of benzene rings is 1. The molecule has 0 radical (unpaired) electrons. The van der Waals surface area contributed by atoms with E-state index in [1.54, 1.807) is 12.1 Å². The number of hydrogen-bond donors (Lipinski definition) is 1. The molecular weight excluding hydrogens is 529 g/mol. The van der Waals surface area contributed by atoms with Crippen molar-refractivity contribution in [3.8, 4) is 11.8 Å². The van der Waals surface area contributed by atoms with Crippen molar-refractivity contribution in [3.05, 3.63) is 53.1 Å². The number of nitrogens with zero attached hydrogens (tertiary/aromatic N) is 3. The van der Waals surface area contributed by atoms with E-state index in [1.165, 1.54) is 24.6 Å². The molecule has 1 heterocycles. The summed E-state index contributed by atoms with van der Waals surface area (Å²) >= 11 is 0.912. The Labute approximate surface area is 237 Å². The SMILES string of the molecule is CC(=O)O[C@]1(C(=O)SCC#N)CC[C@H]2[C@@H]3CCC4=Cc5c(cnn5-c5ccc(F)cc5)C[C@]4(C)[C@H]3[C@@H](O)C[C@@]21C. The summed E-state index contributed by atoms with van der Waals surface area (Å²) in [6.45, 7) is 5.59. The number of allylic oxidation sites excluding steroid dienone is 1. The Bertz CT molecular complexity index is 1450. The molecule has 0 unspecified atom stereocenters. The first kappa shape index (κ1) is 27.2. The predicted octanol–water partition coefficient (Wildman–Crippen LogP) is 5.25. The number of fused-ring (bicyclic) bond motifs is 6. The van der Waals surface area contributed by atoms with Gasteiger partial charge in [0.25, 0.3) is 0 Å². The zero-order valence-corrected chi connectivity index (χ0v) is 23.8. The maximum Gasteiger partial charge on any atom is 0.303 e. The zero-order chi connectivity index (χ0) is 28.4. The third-order valence-corrected chi connectivity index (χ3v) is 11.4. The Morgan fingerprint density at radius 1 is 1.27 bits per heavy atom. The van der Waals surface area contributed by atoms with Crippen LogP contribution < -0.4 is 0 Å². The molecule has 1 aromatic heterocycles. The third kappa shape index (κ3) is 3.82. The van der Waals surface area contributed by atoms with Gasteiger partial charge >= 0.3 is 5.97 Å². The fourth-order valence-electron chi connectivity index (χ4n) is 8.97. The molecule has 0 spiro atoms. The monoisotopic (exact) mass is 563 g/mol. The molecule has 7 nitrogen and oxygen atoms in total. The fourth-order valence-corrected chi connectivity index (χ4v) is 9.77. The third-order valence-electron chi connectivity index (χ3n) is 10.5. The maximum atomic E-state index is 13.6. The second kappa shape index (κ2) is 9.56. The molecule has 1 N–H and O–H groups in total. The van der Waals surface area contributed by atoms with Gasteiger partial charge in [0.1, 0.15) is 5.82 Å². The minimum atomic E-state index is -1.34. The van der Waals surface area contributed by atoms with Gasteiger partial charge in [-0.25, -0.2) is 9.07 Å². The number of carbonyl (C=O) groups is 2. The van der Waals surface area contributed by atoms with Crippen LogP contribution >= 0.6 is 11.8 Å². The van der Waals surface area contributed by atoms with Gasteiger partial charge in [0.15, 0.2) is 5.60 Å². The zero-order valence-electron chi connectivity index (χ0n) is 23.0. The Kier molecular flexibility index (Phi) is 6.50. The summed E-state index contributed by atoms with van der Waals surface area (Å²) in [7, 11) is 0. The van der Waals surface area contributed by atoms with E-state index >= 15 is 0 Å². The van der Waals surface area contributed by atoms with Gasteiger partial charge in [-0.15, -0.1) is 0 Å². The van der Waals surface area contributed by atoms with E-state index in [9.17, 15) is 19.1 Å². The molecule has 9 heteroatoms. The van der Waals surface area contributed by atoms with Crippen LogP contribution in [-0.2, 0) is 20.7 Å². The summed E-state index contributed by atoms with van der Waals surface area (Å²) in [6, 6.07) is 8.33. The number of esters is 1. The van der Waals surface area contributed by atoms with Crippen LogP contribution in [0, 0.1) is 45.7 Å². The average molecular weight is 564 g/mol. The van der Waals surface area contributed by atoms with E-state index in [0.29, 0.717) is 12.8 Å². The second-order valence-electron chi connectivity index (χ2n) is 12.4. The summed E-state index contributed by atoms with van der Waals surface area (Å²) in [5, 5.41) is 25.4. The molecule has 3 saturated carbocycles. The van der Waals surface area contributed by atoms with Crippen molar-refractivity contribution in [1.29, 1.82) is 5.26 Å². The number of ether oxygens (including phenoxy) is 1. The first-order valence-corrected chi connectivity index (χ1v) is 15.0. The lowest BCUT2D eigenvalue weighted by Gasteiger charge is -2.60. The van der Waals surface area contributed by atoms with E-state index in [2.05, 4.69) is 18.1 Å². The number of aromatic nitrogens is 2. The van der Waals surface area contributed by atoms with Crippen molar-refractivity contribution in [2.75, 3.05) is 5.75 Å². The van der Waals surface area contributed by atoms with Crippen LogP contribution in [0.3, 0.4) is 0 Å². The topological polar surface area (TPSA) is 105 Å². The number of thioether (sulfide) groups is 1. The lowest BCUT2D eigenvalue weighted by Crippen LogP contribution is -2.62. The van der Waals surface area contributed by atoms with Crippen LogP contribution in [0.5, 0.6) is 0 Å². The van der Waals surface area contributed by atoms with Crippen molar-refractivity contribution >= 4 is 28.9 Å². The Hall–Kier alpha value is -2.96. The van der Waals surface area contributed by atoms with Crippen LogP contribution in [-0.4, -0.2) is 43.4 Å². The minimum Gasteiger partial charge on any atom is -0.450 e. The summed E-state index contributed by atoms with van der Waals surface area (Å²) in [5.74, 6) is -0.546. The quantitative estimate of drug-likeness (QED) is 0.507. The molecule has 0 bridgehead atoms. The number of nitriles is 1. The molecule has 7 atom stereocenters. The van der Waals surface area contributed by atoms with Gasteiger partial charge in [0.05, 0.1) is 35.5 Å². The molecule has 1 aromatic carbocycles. The van der Waals surface area contributed by atoms with Crippen LogP contribution in [0.4, 0.5) is 4.39 Å². The van der Waals surface area contributed by atoms with Crippen LogP contribution in [0.15, 0.2) is 36.0 Å². The summed E-state index contributed by atoms with van der Waals surface area (Å²) in [6.07, 6.45) is 7.39. The highest BCUT2D eigenvalue weighted by molar-refractivity contribution is 8.14. The molecule has 0 saturated heterocycles. The van der Waals surface area contributed by atoms with E-state index in [4.69, 9.17) is 10.00 Å². The molecule has 4 aliphatic carbocycles. The van der Waals surface area contributed by atoms with Gasteiger partial charge in [0, 0.05) is 12.3 Å². The van der Waals surface area contributed by atoms with Crippen molar-refractivity contribution in [1.82, 2.24) is 9.78 Å². The number of rotatable bonds is 4. The van der Waals surface area contributed by atoms with Gasteiger partial charge in [-0.2, -0.15) is 10.4 Å². The van der Waals surface area contributed by atoms with E-state index in [-0.39, 0.29) is 39.9 Å². The summed E-state index contributed by atoms with van der Waals surface area (Å²) < 4.78 is 21.3. The lowest BCUT2D eigenvalue weighted by atomic mass is 9.45. The molecule has 2 aromatic rings. The highest BCUT2D eigenvalue weighted by atomic mass is 32.2. The molecule has 0 aliphatic heterocycles. The standard InChI is InChI=1S/C31H34FN3O4S/c1-18(36)39-31(28(38)40-13-12-33)11-10-24-23-9-4-20-14-25-19(17-34-35(25)22-7-5-21(32)6-8-22)15-29(20,2)27(23)26(37)16-30(24,31)3/h5-8,14,17,23-24,26-27,37H,4,9-11,13,15-16H2,1-3H3/t23-,24-,26-,27+,29-,30-,31-/m0/s1. The van der Waals surface area contributed by atoms with Gasteiger partial charge < -0.3 is 9.84 Å². The fraction of sp³-hybridized carbons (Fsp3) is 0.548. The first-order chi connectivity index (χ1) is 19.0. The molecule has 3 fully saturated rings. The second-order valence-corrected chi connectivity index (χ2v) is 13.4.